The highest BCUT2D eigenvalue weighted by Crippen LogP contribution is 2.25. The maximum absolute atomic E-state index is 6.42. The van der Waals surface area contributed by atoms with E-state index in [1.54, 1.807) is 0 Å². The molecular formula is C20H25N. The Kier molecular flexibility index (Phi) is 4.22. The molecule has 0 aliphatic carbocycles. The number of aryl methyl sites for hydroxylation is 6. The molecule has 0 aromatic heterocycles. The fourth-order valence-electron chi connectivity index (χ4n) is 3.28. The predicted octanol–water partition coefficient (Wildman–Crippen LogP) is 4.99. The van der Waals surface area contributed by atoms with E-state index in [0.29, 0.717) is 0 Å². The number of benzene rings is 2. The molecule has 0 spiro atoms. The van der Waals surface area contributed by atoms with E-state index in [-0.39, 0.29) is 0 Å². The molecule has 110 valence electrons. The van der Waals surface area contributed by atoms with Crippen LogP contribution in [-0.2, 0) is 0 Å². The quantitative estimate of drug-likeness (QED) is 0.770. The van der Waals surface area contributed by atoms with E-state index in [9.17, 15) is 0 Å². The van der Waals surface area contributed by atoms with Gasteiger partial charge in [-0.05, 0) is 75.4 Å². The molecular weight excluding hydrogens is 254 g/mol. The lowest BCUT2D eigenvalue weighted by molar-refractivity contribution is 1.27. The van der Waals surface area contributed by atoms with Crippen molar-refractivity contribution in [3.63, 3.8) is 0 Å². The summed E-state index contributed by atoms with van der Waals surface area (Å²) in [7, 11) is 0. The Labute approximate surface area is 128 Å². The van der Waals surface area contributed by atoms with Crippen LogP contribution in [0.3, 0.4) is 0 Å². The Morgan fingerprint density at radius 2 is 1.10 bits per heavy atom. The van der Waals surface area contributed by atoms with Crippen molar-refractivity contribution in [2.45, 2.75) is 41.5 Å². The highest BCUT2D eigenvalue weighted by Gasteiger charge is 2.08. The van der Waals surface area contributed by atoms with Gasteiger partial charge in [-0.1, -0.05) is 35.4 Å². The van der Waals surface area contributed by atoms with Crippen LogP contribution in [0.1, 0.15) is 44.5 Å². The molecule has 0 amide bonds. The third-order valence-electron chi connectivity index (χ3n) is 4.00. The summed E-state index contributed by atoms with van der Waals surface area (Å²) in [6, 6.07) is 8.80. The Bertz CT molecular complexity index is 675. The zero-order chi connectivity index (χ0) is 15.7. The second-order valence-corrected chi connectivity index (χ2v) is 6.19. The highest BCUT2D eigenvalue weighted by atomic mass is 14.6. The molecule has 0 fully saturated rings. The second-order valence-electron chi connectivity index (χ2n) is 6.19. The molecule has 2 rings (SSSR count). The monoisotopic (exact) mass is 279 g/mol. The molecule has 0 saturated heterocycles. The van der Waals surface area contributed by atoms with Gasteiger partial charge in [0.2, 0.25) is 0 Å². The number of rotatable bonds is 2. The minimum absolute atomic E-state index is 0.847. The fraction of sp³-hybridized carbons (Fsp3) is 0.300. The average molecular weight is 279 g/mol. The van der Waals surface area contributed by atoms with Crippen molar-refractivity contribution in [2.75, 3.05) is 0 Å². The van der Waals surface area contributed by atoms with Gasteiger partial charge in [0.05, 0.1) is 0 Å². The van der Waals surface area contributed by atoms with Crippen LogP contribution in [0.2, 0.25) is 0 Å². The summed E-state index contributed by atoms with van der Waals surface area (Å²) in [6.07, 6.45) is 2.12. The lowest BCUT2D eigenvalue weighted by Gasteiger charge is -2.14. The summed E-state index contributed by atoms with van der Waals surface area (Å²) in [5, 5.41) is 0. The van der Waals surface area contributed by atoms with Crippen LogP contribution in [0, 0.1) is 41.5 Å². The third-order valence-corrected chi connectivity index (χ3v) is 4.00. The zero-order valence-corrected chi connectivity index (χ0v) is 14.0. The van der Waals surface area contributed by atoms with Gasteiger partial charge < -0.3 is 5.73 Å². The lowest BCUT2D eigenvalue weighted by Crippen LogP contribution is -2.03. The highest BCUT2D eigenvalue weighted by molar-refractivity contribution is 5.84. The van der Waals surface area contributed by atoms with Gasteiger partial charge in [0, 0.05) is 11.3 Å². The van der Waals surface area contributed by atoms with E-state index in [2.05, 4.69) is 71.9 Å². The van der Waals surface area contributed by atoms with Crippen molar-refractivity contribution < 1.29 is 0 Å². The summed E-state index contributed by atoms with van der Waals surface area (Å²) >= 11 is 0. The smallest absolute Gasteiger partial charge is 0.0399 e. The largest absolute Gasteiger partial charge is 0.398 e. The summed E-state index contributed by atoms with van der Waals surface area (Å²) < 4.78 is 0. The van der Waals surface area contributed by atoms with Crippen molar-refractivity contribution in [3.8, 4) is 0 Å². The summed E-state index contributed by atoms with van der Waals surface area (Å²) in [5.74, 6) is 0. The van der Waals surface area contributed by atoms with E-state index in [0.717, 1.165) is 5.70 Å². The van der Waals surface area contributed by atoms with E-state index < -0.39 is 0 Å². The van der Waals surface area contributed by atoms with E-state index in [1.807, 2.05) is 0 Å². The Morgan fingerprint density at radius 3 is 1.52 bits per heavy atom. The van der Waals surface area contributed by atoms with Gasteiger partial charge in [-0.3, -0.25) is 0 Å². The van der Waals surface area contributed by atoms with Crippen molar-refractivity contribution in [3.05, 3.63) is 68.8 Å². The molecule has 0 bridgehead atoms. The maximum atomic E-state index is 6.42. The Morgan fingerprint density at radius 1 is 0.714 bits per heavy atom. The van der Waals surface area contributed by atoms with Crippen molar-refractivity contribution >= 4 is 11.8 Å². The first-order valence-electron chi connectivity index (χ1n) is 7.43. The van der Waals surface area contributed by atoms with Crippen LogP contribution in [0.4, 0.5) is 0 Å². The van der Waals surface area contributed by atoms with Gasteiger partial charge in [0.15, 0.2) is 0 Å². The molecule has 0 heterocycles. The van der Waals surface area contributed by atoms with Crippen molar-refractivity contribution in [1.29, 1.82) is 0 Å². The maximum Gasteiger partial charge on any atom is 0.0399 e. The van der Waals surface area contributed by atoms with Gasteiger partial charge in [-0.25, -0.2) is 0 Å². The molecule has 1 heteroatoms. The summed E-state index contributed by atoms with van der Waals surface area (Å²) in [4.78, 5) is 0. The standard InChI is InChI=1S/C20H25N/c1-12-7-14(3)18(15(4)8-12)11-19(21)20-16(5)9-13(2)10-17(20)6/h7-11H,21H2,1-6H3/b19-11-. The first-order valence-corrected chi connectivity index (χ1v) is 7.43. The van der Waals surface area contributed by atoms with Gasteiger partial charge in [0.1, 0.15) is 0 Å². The van der Waals surface area contributed by atoms with Gasteiger partial charge >= 0.3 is 0 Å². The van der Waals surface area contributed by atoms with E-state index in [1.165, 1.54) is 44.5 Å². The van der Waals surface area contributed by atoms with Gasteiger partial charge in [-0.15, -0.1) is 0 Å². The molecule has 2 aromatic rings. The van der Waals surface area contributed by atoms with Gasteiger partial charge in [-0.2, -0.15) is 0 Å². The zero-order valence-electron chi connectivity index (χ0n) is 14.0. The molecule has 0 atom stereocenters. The van der Waals surface area contributed by atoms with Crippen molar-refractivity contribution in [2.24, 2.45) is 5.73 Å². The second kappa shape index (κ2) is 5.77. The molecule has 2 N–H and O–H groups in total. The molecule has 0 saturated carbocycles. The number of nitrogens with two attached hydrogens (primary N) is 1. The average Bonchev–Trinajstić information content (AvgIpc) is 2.32. The minimum atomic E-state index is 0.847. The van der Waals surface area contributed by atoms with Crippen LogP contribution in [0.25, 0.3) is 11.8 Å². The molecule has 21 heavy (non-hydrogen) atoms. The SMILES string of the molecule is Cc1cc(C)c(/C=C(\N)c2c(C)cc(C)cc2C)c(C)c1. The molecule has 0 radical (unpaired) electrons. The topological polar surface area (TPSA) is 26.0 Å². The van der Waals surface area contributed by atoms with Crippen LogP contribution in [-0.4, -0.2) is 0 Å². The van der Waals surface area contributed by atoms with Gasteiger partial charge in [0.25, 0.3) is 0 Å². The first-order chi connectivity index (χ1) is 9.79. The summed E-state index contributed by atoms with van der Waals surface area (Å²) in [5.41, 5.74) is 17.3. The number of hydrogen-bond donors (Lipinski definition) is 1. The van der Waals surface area contributed by atoms with E-state index >= 15 is 0 Å². The molecule has 0 aliphatic rings. The first kappa shape index (κ1) is 15.4. The Hall–Kier alpha value is -2.02. The normalized spacial score (nSPS) is 11.8. The van der Waals surface area contributed by atoms with Crippen LogP contribution in [0.5, 0.6) is 0 Å². The van der Waals surface area contributed by atoms with E-state index in [4.69, 9.17) is 5.73 Å². The van der Waals surface area contributed by atoms with Crippen molar-refractivity contribution in [1.82, 2.24) is 0 Å². The molecule has 0 aliphatic heterocycles. The molecule has 2 aromatic carbocycles. The lowest BCUT2D eigenvalue weighted by atomic mass is 9.94. The summed E-state index contributed by atoms with van der Waals surface area (Å²) in [6.45, 7) is 12.8. The Balaban J connectivity index is 2.58. The fourth-order valence-corrected chi connectivity index (χ4v) is 3.28. The predicted molar refractivity (Wildman–Crippen MR) is 93.4 cm³/mol. The molecule has 1 nitrogen and oxygen atoms in total. The molecule has 0 unspecified atom stereocenters. The number of hydrogen-bond acceptors (Lipinski definition) is 1. The van der Waals surface area contributed by atoms with Crippen LogP contribution in [0.15, 0.2) is 24.3 Å². The third kappa shape index (κ3) is 3.18. The minimum Gasteiger partial charge on any atom is -0.398 e. The van der Waals surface area contributed by atoms with Crippen LogP contribution >= 0.6 is 0 Å². The van der Waals surface area contributed by atoms with Crippen LogP contribution < -0.4 is 5.73 Å².